The number of para-hydroxylation sites is 1. The summed E-state index contributed by atoms with van der Waals surface area (Å²) in [7, 11) is 0. The van der Waals surface area contributed by atoms with Gasteiger partial charge in [-0.1, -0.05) is 60.1 Å². The maximum atomic E-state index is 12.8. The van der Waals surface area contributed by atoms with Crippen LogP contribution in [0.2, 0.25) is 5.02 Å². The van der Waals surface area contributed by atoms with Gasteiger partial charge in [-0.15, -0.1) is 0 Å². The van der Waals surface area contributed by atoms with Crippen molar-refractivity contribution >= 4 is 34.0 Å². The molecular weight excluding hydrogens is 398 g/mol. The number of halogens is 1. The molecule has 0 aromatic heterocycles. The summed E-state index contributed by atoms with van der Waals surface area (Å²) in [6, 6.07) is 28.2. The van der Waals surface area contributed by atoms with Gasteiger partial charge in [0.25, 0.3) is 5.91 Å². The third-order valence-electron chi connectivity index (χ3n) is 4.57. The zero-order valence-electron chi connectivity index (χ0n) is 16.3. The molecule has 0 fully saturated rings. The summed E-state index contributed by atoms with van der Waals surface area (Å²) in [5.74, 6) is 1.49. The predicted molar refractivity (Wildman–Crippen MR) is 121 cm³/mol. The van der Waals surface area contributed by atoms with E-state index in [0.717, 1.165) is 10.8 Å². The third kappa shape index (κ3) is 4.73. The van der Waals surface area contributed by atoms with Crippen LogP contribution in [-0.2, 0) is 4.79 Å². The maximum absolute atomic E-state index is 12.8. The fourth-order valence-corrected chi connectivity index (χ4v) is 3.21. The van der Waals surface area contributed by atoms with Crippen LogP contribution in [-0.4, -0.2) is 12.0 Å². The fourth-order valence-electron chi connectivity index (χ4n) is 3.04. The normalized spacial score (nSPS) is 11.7. The number of benzene rings is 4. The summed E-state index contributed by atoms with van der Waals surface area (Å²) >= 11 is 6.13. The first-order chi connectivity index (χ1) is 14.6. The van der Waals surface area contributed by atoms with Gasteiger partial charge in [-0.3, -0.25) is 4.79 Å². The molecule has 5 heteroatoms. The highest BCUT2D eigenvalue weighted by atomic mass is 35.5. The average Bonchev–Trinajstić information content (AvgIpc) is 2.76. The second-order valence-electron chi connectivity index (χ2n) is 6.81. The molecule has 0 heterocycles. The largest absolute Gasteiger partial charge is 0.481 e. The van der Waals surface area contributed by atoms with Crippen molar-refractivity contribution in [1.82, 2.24) is 0 Å². The fraction of sp³-hybridized carbons (Fsp3) is 0.0800. The highest BCUT2D eigenvalue weighted by Crippen LogP contribution is 2.32. The van der Waals surface area contributed by atoms with Crippen molar-refractivity contribution in [2.24, 2.45) is 0 Å². The number of carbonyl (C=O) groups excluding carboxylic acids is 1. The SMILES string of the molecule is C[C@@H](Oc1ccc2ccccc2c1)C(=O)Nc1cc(Cl)ccc1Oc1ccccc1. The number of rotatable bonds is 6. The van der Waals surface area contributed by atoms with E-state index in [-0.39, 0.29) is 5.91 Å². The van der Waals surface area contributed by atoms with E-state index >= 15 is 0 Å². The molecule has 4 rings (SSSR count). The minimum Gasteiger partial charge on any atom is -0.481 e. The monoisotopic (exact) mass is 417 g/mol. The lowest BCUT2D eigenvalue weighted by Crippen LogP contribution is -2.30. The quantitative estimate of drug-likeness (QED) is 0.380. The van der Waals surface area contributed by atoms with Crippen molar-refractivity contribution in [3.8, 4) is 17.2 Å². The van der Waals surface area contributed by atoms with Crippen molar-refractivity contribution in [2.45, 2.75) is 13.0 Å². The molecule has 0 aliphatic heterocycles. The van der Waals surface area contributed by atoms with E-state index in [2.05, 4.69) is 5.32 Å². The summed E-state index contributed by atoms with van der Waals surface area (Å²) in [6.45, 7) is 1.70. The highest BCUT2D eigenvalue weighted by molar-refractivity contribution is 6.31. The first-order valence-electron chi connectivity index (χ1n) is 9.57. The van der Waals surface area contributed by atoms with E-state index in [9.17, 15) is 4.79 Å². The molecule has 0 saturated heterocycles. The molecule has 0 radical (unpaired) electrons. The Balaban J connectivity index is 1.49. The van der Waals surface area contributed by atoms with Crippen LogP contribution in [0, 0.1) is 0 Å². The molecule has 0 spiro atoms. The topological polar surface area (TPSA) is 47.6 Å². The molecular formula is C25H20ClNO3. The molecule has 0 unspecified atom stereocenters. The van der Waals surface area contributed by atoms with E-state index in [1.807, 2.05) is 72.8 Å². The number of fused-ring (bicyclic) bond motifs is 1. The number of nitrogens with one attached hydrogen (secondary N) is 1. The van der Waals surface area contributed by atoms with Crippen molar-refractivity contribution in [1.29, 1.82) is 0 Å². The van der Waals surface area contributed by atoms with Gasteiger partial charge in [0.2, 0.25) is 0 Å². The molecule has 0 aliphatic rings. The van der Waals surface area contributed by atoms with Gasteiger partial charge in [-0.2, -0.15) is 0 Å². The van der Waals surface area contributed by atoms with E-state index in [1.165, 1.54) is 0 Å². The lowest BCUT2D eigenvalue weighted by atomic mass is 10.1. The van der Waals surface area contributed by atoms with Crippen molar-refractivity contribution < 1.29 is 14.3 Å². The van der Waals surface area contributed by atoms with Gasteiger partial charge in [-0.05, 0) is 60.2 Å². The van der Waals surface area contributed by atoms with Gasteiger partial charge in [0.1, 0.15) is 11.5 Å². The Morgan fingerprint density at radius 1 is 0.833 bits per heavy atom. The lowest BCUT2D eigenvalue weighted by Gasteiger charge is -2.17. The Bertz CT molecular complexity index is 1180. The Hall–Kier alpha value is -3.50. The van der Waals surface area contributed by atoms with Gasteiger partial charge in [-0.25, -0.2) is 0 Å². The van der Waals surface area contributed by atoms with Crippen molar-refractivity contribution in [3.63, 3.8) is 0 Å². The molecule has 4 nitrogen and oxygen atoms in total. The number of carbonyl (C=O) groups is 1. The Morgan fingerprint density at radius 2 is 1.57 bits per heavy atom. The number of ether oxygens (including phenoxy) is 2. The minimum atomic E-state index is -0.713. The summed E-state index contributed by atoms with van der Waals surface area (Å²) in [4.78, 5) is 12.8. The molecule has 30 heavy (non-hydrogen) atoms. The average molecular weight is 418 g/mol. The van der Waals surface area contributed by atoms with Gasteiger partial charge in [0, 0.05) is 5.02 Å². The molecule has 0 aliphatic carbocycles. The van der Waals surface area contributed by atoms with E-state index < -0.39 is 6.10 Å². The predicted octanol–water partition coefficient (Wildman–Crippen LogP) is 6.69. The van der Waals surface area contributed by atoms with Crippen LogP contribution in [0.5, 0.6) is 17.2 Å². The summed E-state index contributed by atoms with van der Waals surface area (Å²) in [5.41, 5.74) is 0.477. The number of hydrogen-bond donors (Lipinski definition) is 1. The highest BCUT2D eigenvalue weighted by Gasteiger charge is 2.18. The second kappa shape index (κ2) is 8.89. The molecule has 1 atom stereocenters. The first kappa shape index (κ1) is 19.8. The van der Waals surface area contributed by atoms with Gasteiger partial charge >= 0.3 is 0 Å². The zero-order valence-corrected chi connectivity index (χ0v) is 17.1. The molecule has 0 bridgehead atoms. The van der Waals surface area contributed by atoms with Gasteiger partial charge in [0.15, 0.2) is 11.9 Å². The molecule has 1 amide bonds. The molecule has 4 aromatic rings. The lowest BCUT2D eigenvalue weighted by molar-refractivity contribution is -0.122. The zero-order chi connectivity index (χ0) is 20.9. The molecule has 0 saturated carbocycles. The van der Waals surface area contributed by atoms with Crippen LogP contribution in [0.15, 0.2) is 91.0 Å². The van der Waals surface area contributed by atoms with Crippen LogP contribution >= 0.6 is 11.6 Å². The molecule has 1 N–H and O–H groups in total. The standard InChI is InChI=1S/C25H20ClNO3/c1-17(29-22-13-11-18-7-5-6-8-19(18)15-22)25(28)27-23-16-20(26)12-14-24(23)30-21-9-3-2-4-10-21/h2-17H,1H3,(H,27,28)/t17-/m1/s1. The summed E-state index contributed by atoms with van der Waals surface area (Å²) < 4.78 is 11.8. The maximum Gasteiger partial charge on any atom is 0.265 e. The van der Waals surface area contributed by atoms with E-state index in [1.54, 1.807) is 25.1 Å². The number of hydrogen-bond acceptors (Lipinski definition) is 3. The first-order valence-corrected chi connectivity index (χ1v) is 9.95. The second-order valence-corrected chi connectivity index (χ2v) is 7.25. The van der Waals surface area contributed by atoms with Gasteiger partial charge in [0.05, 0.1) is 5.69 Å². The van der Waals surface area contributed by atoms with E-state index in [4.69, 9.17) is 21.1 Å². The van der Waals surface area contributed by atoms with E-state index in [0.29, 0.717) is 28.0 Å². The Morgan fingerprint density at radius 3 is 2.37 bits per heavy atom. The van der Waals surface area contributed by atoms with Crippen LogP contribution in [0.1, 0.15) is 6.92 Å². The molecule has 4 aromatic carbocycles. The Kier molecular flexibility index (Phi) is 5.87. The minimum absolute atomic E-state index is 0.302. The van der Waals surface area contributed by atoms with Crippen molar-refractivity contribution in [2.75, 3.05) is 5.32 Å². The third-order valence-corrected chi connectivity index (χ3v) is 4.81. The number of amides is 1. The molecule has 150 valence electrons. The summed E-state index contributed by atoms with van der Waals surface area (Å²) in [6.07, 6.45) is -0.713. The van der Waals surface area contributed by atoms with Gasteiger partial charge < -0.3 is 14.8 Å². The Labute approximate surface area is 180 Å². The van der Waals surface area contributed by atoms with Crippen LogP contribution in [0.4, 0.5) is 5.69 Å². The van der Waals surface area contributed by atoms with Crippen molar-refractivity contribution in [3.05, 3.63) is 96.0 Å². The number of anilines is 1. The van der Waals surface area contributed by atoms with Crippen LogP contribution in [0.25, 0.3) is 10.8 Å². The summed E-state index contributed by atoms with van der Waals surface area (Å²) in [5, 5.41) is 5.52. The van der Waals surface area contributed by atoms with Crippen LogP contribution < -0.4 is 14.8 Å². The smallest absolute Gasteiger partial charge is 0.265 e. The van der Waals surface area contributed by atoms with Crippen LogP contribution in [0.3, 0.4) is 0 Å².